The standard InChI is InChI=1S/C32H38ClN3O4/c1-31(17-24-18-34-27-10-6-5-9-26(24)27,29(38)35-25(19-37)14-20-7-3-2-4-8-20)36-30(39)40-32-15-21-11-22(16-32)13-23(12-21)28(32)33/h2-10,18,21-23,25,28,34,37H,11-17,19H2,1H3,(H,35,38)(H,36,39)/t21-,22+,23?,25-,28?,31+,32?/m0/s1. The summed E-state index contributed by atoms with van der Waals surface area (Å²) in [7, 11) is 0. The van der Waals surface area contributed by atoms with Gasteiger partial charge in [0.25, 0.3) is 0 Å². The molecule has 2 aromatic carbocycles. The van der Waals surface area contributed by atoms with Crippen LogP contribution in [0.1, 0.15) is 50.2 Å². The van der Waals surface area contributed by atoms with Gasteiger partial charge in [0.2, 0.25) is 5.91 Å². The Balaban J connectivity index is 1.24. The van der Waals surface area contributed by atoms with Crippen molar-refractivity contribution in [2.75, 3.05) is 6.61 Å². The van der Waals surface area contributed by atoms with E-state index in [0.29, 0.717) is 24.2 Å². The van der Waals surface area contributed by atoms with Crippen molar-refractivity contribution in [3.8, 4) is 0 Å². The first-order chi connectivity index (χ1) is 19.3. The second-order valence-corrected chi connectivity index (χ2v) is 13.0. The lowest BCUT2D eigenvalue weighted by atomic mass is 9.54. The molecule has 3 unspecified atom stereocenters. The number of aromatic nitrogens is 1. The van der Waals surface area contributed by atoms with Gasteiger partial charge >= 0.3 is 6.09 Å². The van der Waals surface area contributed by atoms with Crippen LogP contribution in [0.4, 0.5) is 4.79 Å². The van der Waals surface area contributed by atoms with E-state index in [4.69, 9.17) is 16.3 Å². The Hall–Kier alpha value is -3.03. The molecule has 1 aromatic heterocycles. The van der Waals surface area contributed by atoms with E-state index in [9.17, 15) is 14.7 Å². The fraction of sp³-hybridized carbons (Fsp3) is 0.500. The first-order valence-electron chi connectivity index (χ1n) is 14.4. The van der Waals surface area contributed by atoms with Gasteiger partial charge in [0, 0.05) is 23.5 Å². The predicted octanol–water partition coefficient (Wildman–Crippen LogP) is 5.10. The highest BCUT2D eigenvalue weighted by Crippen LogP contribution is 2.59. The molecule has 8 heteroatoms. The summed E-state index contributed by atoms with van der Waals surface area (Å²) < 4.78 is 6.22. The fourth-order valence-electron chi connectivity index (χ4n) is 7.72. The maximum Gasteiger partial charge on any atom is 0.408 e. The molecule has 4 saturated carbocycles. The third kappa shape index (κ3) is 5.21. The van der Waals surface area contributed by atoms with Gasteiger partial charge in [0.1, 0.15) is 11.1 Å². The highest BCUT2D eigenvalue weighted by Gasteiger charge is 2.59. The Morgan fingerprint density at radius 3 is 2.52 bits per heavy atom. The van der Waals surface area contributed by atoms with Crippen LogP contribution in [0.3, 0.4) is 0 Å². The summed E-state index contributed by atoms with van der Waals surface area (Å²) in [6.45, 7) is 1.50. The number of alkyl halides is 1. The molecule has 4 fully saturated rings. The Morgan fingerprint density at radius 2 is 1.80 bits per heavy atom. The monoisotopic (exact) mass is 563 g/mol. The number of alkyl carbamates (subject to hydrolysis) is 1. The topological polar surface area (TPSA) is 103 Å². The number of ether oxygens (including phenoxy) is 1. The molecule has 3 aromatic rings. The van der Waals surface area contributed by atoms with Crippen LogP contribution in [0.15, 0.2) is 60.8 Å². The first-order valence-corrected chi connectivity index (χ1v) is 14.9. The molecule has 212 valence electrons. The van der Waals surface area contributed by atoms with Gasteiger partial charge in [0.05, 0.1) is 18.0 Å². The number of hydrogen-bond donors (Lipinski definition) is 4. The van der Waals surface area contributed by atoms with Crippen molar-refractivity contribution in [1.29, 1.82) is 0 Å². The van der Waals surface area contributed by atoms with Crippen LogP contribution >= 0.6 is 11.6 Å². The van der Waals surface area contributed by atoms with Crippen molar-refractivity contribution in [3.05, 3.63) is 71.9 Å². The molecule has 7 rings (SSSR count). The maximum atomic E-state index is 13.9. The van der Waals surface area contributed by atoms with Crippen molar-refractivity contribution >= 4 is 34.5 Å². The number of fused-ring (bicyclic) bond motifs is 1. The quantitative estimate of drug-likeness (QED) is 0.272. The van der Waals surface area contributed by atoms with Crippen molar-refractivity contribution in [2.24, 2.45) is 17.8 Å². The number of hydrogen-bond acceptors (Lipinski definition) is 4. The minimum Gasteiger partial charge on any atom is -0.441 e. The highest BCUT2D eigenvalue weighted by molar-refractivity contribution is 6.21. The zero-order chi connectivity index (χ0) is 27.9. The first kappa shape index (κ1) is 27.2. The number of aliphatic hydroxyl groups excluding tert-OH is 1. The second-order valence-electron chi connectivity index (χ2n) is 12.5. The zero-order valence-electron chi connectivity index (χ0n) is 22.9. The van der Waals surface area contributed by atoms with Gasteiger partial charge in [-0.15, -0.1) is 11.6 Å². The number of nitrogens with one attached hydrogen (secondary N) is 3. The molecule has 0 radical (unpaired) electrons. The van der Waals surface area contributed by atoms with Gasteiger partial charge in [-0.25, -0.2) is 4.79 Å². The number of benzene rings is 2. The molecule has 0 aliphatic heterocycles. The third-order valence-corrected chi connectivity index (χ3v) is 10.2. The van der Waals surface area contributed by atoms with Gasteiger partial charge in [0.15, 0.2) is 0 Å². The average Bonchev–Trinajstić information content (AvgIpc) is 3.33. The summed E-state index contributed by atoms with van der Waals surface area (Å²) in [6, 6.07) is 17.1. The average molecular weight is 564 g/mol. The van der Waals surface area contributed by atoms with Crippen molar-refractivity contribution in [2.45, 2.75) is 74.4 Å². The van der Waals surface area contributed by atoms with E-state index < -0.39 is 23.3 Å². The Kier molecular flexibility index (Phi) is 7.30. The molecule has 40 heavy (non-hydrogen) atoms. The van der Waals surface area contributed by atoms with Gasteiger partial charge in [-0.05, 0) is 80.4 Å². The molecule has 0 saturated heterocycles. The number of aromatic amines is 1. The molecule has 4 bridgehead atoms. The van der Waals surface area contributed by atoms with Crippen LogP contribution < -0.4 is 10.6 Å². The molecule has 1 heterocycles. The Bertz CT molecular complexity index is 1360. The molecule has 7 nitrogen and oxygen atoms in total. The Labute approximate surface area is 240 Å². The van der Waals surface area contributed by atoms with Crippen LogP contribution in [0.5, 0.6) is 0 Å². The van der Waals surface area contributed by atoms with Gasteiger partial charge < -0.3 is 25.5 Å². The van der Waals surface area contributed by atoms with E-state index in [1.54, 1.807) is 6.92 Å². The third-order valence-electron chi connectivity index (χ3n) is 9.40. The number of H-pyrrole nitrogens is 1. The number of amides is 2. The van der Waals surface area contributed by atoms with Crippen LogP contribution in [-0.4, -0.2) is 51.3 Å². The summed E-state index contributed by atoms with van der Waals surface area (Å²) in [5, 5.41) is 16.8. The zero-order valence-corrected chi connectivity index (χ0v) is 23.6. The van der Waals surface area contributed by atoms with Crippen LogP contribution in [-0.2, 0) is 22.4 Å². The number of carbonyl (C=O) groups excluding carboxylic acids is 2. The number of rotatable bonds is 9. The second kappa shape index (κ2) is 10.7. The largest absolute Gasteiger partial charge is 0.441 e. The fourth-order valence-corrected chi connectivity index (χ4v) is 8.15. The van der Waals surface area contributed by atoms with E-state index in [1.165, 1.54) is 6.42 Å². The normalized spacial score (nSPS) is 29.1. The van der Waals surface area contributed by atoms with Gasteiger partial charge in [-0.3, -0.25) is 4.79 Å². The van der Waals surface area contributed by atoms with E-state index in [0.717, 1.165) is 47.7 Å². The smallest absolute Gasteiger partial charge is 0.408 e. The van der Waals surface area contributed by atoms with E-state index in [-0.39, 0.29) is 24.3 Å². The molecule has 2 amide bonds. The minimum atomic E-state index is -1.34. The maximum absolute atomic E-state index is 13.9. The molecule has 4 aliphatic carbocycles. The van der Waals surface area contributed by atoms with Crippen LogP contribution in [0.2, 0.25) is 0 Å². The number of carbonyl (C=O) groups is 2. The molecular formula is C32H38ClN3O4. The van der Waals surface area contributed by atoms with Gasteiger partial charge in [-0.1, -0.05) is 48.5 Å². The minimum absolute atomic E-state index is 0.204. The van der Waals surface area contributed by atoms with E-state index in [1.807, 2.05) is 60.8 Å². The molecular weight excluding hydrogens is 526 g/mol. The summed E-state index contributed by atoms with van der Waals surface area (Å²) >= 11 is 6.93. The highest BCUT2D eigenvalue weighted by atomic mass is 35.5. The summed E-state index contributed by atoms with van der Waals surface area (Å²) in [5.41, 5.74) is 0.846. The van der Waals surface area contributed by atoms with E-state index >= 15 is 0 Å². The van der Waals surface area contributed by atoms with Crippen molar-refractivity contribution < 1.29 is 19.4 Å². The lowest BCUT2D eigenvalue weighted by molar-refractivity contribution is -0.132. The number of para-hydroxylation sites is 1. The lowest BCUT2D eigenvalue weighted by Gasteiger charge is -2.58. The summed E-state index contributed by atoms with van der Waals surface area (Å²) in [6.07, 6.45) is 6.97. The summed E-state index contributed by atoms with van der Waals surface area (Å²) in [5.74, 6) is 1.09. The summed E-state index contributed by atoms with van der Waals surface area (Å²) in [4.78, 5) is 30.8. The number of aliphatic hydroxyl groups is 1. The van der Waals surface area contributed by atoms with Gasteiger partial charge in [-0.2, -0.15) is 0 Å². The van der Waals surface area contributed by atoms with Crippen molar-refractivity contribution in [3.63, 3.8) is 0 Å². The SMILES string of the molecule is C[C@](Cc1c[nH]c2ccccc12)(NC(=O)OC12C[C@@H]3CC(C[C@@H](C3)C1)C2Cl)C(=O)N[C@H](CO)Cc1ccccc1. The molecule has 0 spiro atoms. The van der Waals surface area contributed by atoms with Crippen LogP contribution in [0, 0.1) is 17.8 Å². The van der Waals surface area contributed by atoms with Crippen LogP contribution in [0.25, 0.3) is 10.9 Å². The van der Waals surface area contributed by atoms with E-state index in [2.05, 4.69) is 15.6 Å². The lowest BCUT2D eigenvalue weighted by Crippen LogP contribution is -2.64. The number of halogens is 1. The molecule has 4 aliphatic rings. The van der Waals surface area contributed by atoms with Crippen molar-refractivity contribution in [1.82, 2.24) is 15.6 Å². The predicted molar refractivity (Wildman–Crippen MR) is 155 cm³/mol. The molecule has 7 atom stereocenters. The Morgan fingerprint density at radius 1 is 1.10 bits per heavy atom. The molecule has 4 N–H and O–H groups in total.